The predicted molar refractivity (Wildman–Crippen MR) is 89.8 cm³/mol. The number of carbonyl (C=O) groups excluding carboxylic acids is 2. The highest BCUT2D eigenvalue weighted by Crippen LogP contribution is 2.33. The van der Waals surface area contributed by atoms with Gasteiger partial charge in [-0.3, -0.25) is 4.79 Å². The van der Waals surface area contributed by atoms with E-state index in [0.29, 0.717) is 24.2 Å². The molecule has 1 atom stereocenters. The zero-order chi connectivity index (χ0) is 17.1. The van der Waals surface area contributed by atoms with E-state index < -0.39 is 5.97 Å². The number of esters is 1. The van der Waals surface area contributed by atoms with Crippen molar-refractivity contribution in [2.45, 2.75) is 32.1 Å². The lowest BCUT2D eigenvalue weighted by atomic mass is 9.90. The molecule has 5 nitrogen and oxygen atoms in total. The van der Waals surface area contributed by atoms with E-state index in [0.717, 1.165) is 29.8 Å². The molecule has 1 aliphatic carbocycles. The van der Waals surface area contributed by atoms with Crippen LogP contribution in [0.4, 0.5) is 0 Å². The molecule has 0 aliphatic heterocycles. The van der Waals surface area contributed by atoms with Gasteiger partial charge in [0.05, 0.1) is 24.8 Å². The third-order valence-electron chi connectivity index (χ3n) is 4.50. The molecule has 1 unspecified atom stereocenters. The summed E-state index contributed by atoms with van der Waals surface area (Å²) in [5.74, 6) is 0.492. The molecule has 0 radical (unpaired) electrons. The van der Waals surface area contributed by atoms with Gasteiger partial charge in [0.15, 0.2) is 5.78 Å². The molecular formula is C19H21NO4. The van der Waals surface area contributed by atoms with Crippen LogP contribution in [0.25, 0.3) is 0 Å². The molecule has 1 aromatic carbocycles. The Bertz CT molecular complexity index is 745. The van der Waals surface area contributed by atoms with Crippen LogP contribution >= 0.6 is 0 Å². The molecule has 5 heteroatoms. The number of methoxy groups -OCH3 is 1. The first-order valence-electron chi connectivity index (χ1n) is 8.18. The third-order valence-corrected chi connectivity index (χ3v) is 4.50. The van der Waals surface area contributed by atoms with E-state index in [2.05, 4.69) is 4.98 Å². The lowest BCUT2D eigenvalue weighted by molar-refractivity contribution is 0.0523. The number of benzene rings is 1. The second kappa shape index (κ2) is 6.91. The van der Waals surface area contributed by atoms with Crippen molar-refractivity contribution in [1.29, 1.82) is 0 Å². The van der Waals surface area contributed by atoms with Crippen molar-refractivity contribution in [2.75, 3.05) is 13.7 Å². The average molecular weight is 327 g/mol. The van der Waals surface area contributed by atoms with Crippen molar-refractivity contribution in [1.82, 2.24) is 4.98 Å². The van der Waals surface area contributed by atoms with Crippen LogP contribution in [0.15, 0.2) is 30.5 Å². The maximum absolute atomic E-state index is 12.8. The Morgan fingerprint density at radius 3 is 2.71 bits per heavy atom. The smallest absolute Gasteiger partial charge is 0.340 e. The molecule has 24 heavy (non-hydrogen) atoms. The number of aryl methyl sites for hydroxylation is 1. The van der Waals surface area contributed by atoms with Crippen molar-refractivity contribution in [2.24, 2.45) is 0 Å². The van der Waals surface area contributed by atoms with E-state index in [-0.39, 0.29) is 11.7 Å². The zero-order valence-electron chi connectivity index (χ0n) is 13.9. The van der Waals surface area contributed by atoms with Gasteiger partial charge < -0.3 is 14.5 Å². The van der Waals surface area contributed by atoms with Crippen LogP contribution in [-0.2, 0) is 11.2 Å². The maximum atomic E-state index is 12.8. The SMILES string of the molecule is CCOC(=O)c1c[nH]c2c1C(=O)CC(c1ccc(OC)cc1)CC2. The Morgan fingerprint density at radius 2 is 2.04 bits per heavy atom. The molecule has 0 bridgehead atoms. The van der Waals surface area contributed by atoms with Crippen molar-refractivity contribution < 1.29 is 19.1 Å². The molecule has 1 N–H and O–H groups in total. The summed E-state index contributed by atoms with van der Waals surface area (Å²) in [7, 11) is 1.63. The second-order valence-corrected chi connectivity index (χ2v) is 5.91. The molecular weight excluding hydrogens is 306 g/mol. The van der Waals surface area contributed by atoms with Crippen LogP contribution in [0.2, 0.25) is 0 Å². The summed E-state index contributed by atoms with van der Waals surface area (Å²) in [5, 5.41) is 0. The lowest BCUT2D eigenvalue weighted by Crippen LogP contribution is -2.11. The predicted octanol–water partition coefficient (Wildman–Crippen LogP) is 3.50. The number of fused-ring (bicyclic) bond motifs is 1. The highest BCUT2D eigenvalue weighted by molar-refractivity contribution is 6.07. The van der Waals surface area contributed by atoms with Gasteiger partial charge in [-0.1, -0.05) is 12.1 Å². The van der Waals surface area contributed by atoms with E-state index in [1.807, 2.05) is 24.3 Å². The van der Waals surface area contributed by atoms with Crippen molar-refractivity contribution in [3.8, 4) is 5.75 Å². The van der Waals surface area contributed by atoms with E-state index in [9.17, 15) is 9.59 Å². The first-order valence-corrected chi connectivity index (χ1v) is 8.18. The number of hydrogen-bond acceptors (Lipinski definition) is 4. The Balaban J connectivity index is 1.84. The standard InChI is InChI=1S/C19H21NO4/c1-3-24-19(22)15-11-20-16-9-6-13(10-17(21)18(15)16)12-4-7-14(23-2)8-5-12/h4-5,7-8,11,13,20H,3,6,9-10H2,1-2H3. The minimum absolute atomic E-state index is 0.00683. The van der Waals surface area contributed by atoms with E-state index >= 15 is 0 Å². The molecule has 1 aromatic heterocycles. The number of aromatic nitrogens is 1. The number of aromatic amines is 1. The number of ether oxygens (including phenoxy) is 2. The molecule has 0 spiro atoms. The van der Waals surface area contributed by atoms with Crippen molar-refractivity contribution in [3.05, 3.63) is 52.8 Å². The molecule has 0 saturated heterocycles. The molecule has 1 heterocycles. The molecule has 3 rings (SSSR count). The Kier molecular flexibility index (Phi) is 4.69. The van der Waals surface area contributed by atoms with Crippen molar-refractivity contribution in [3.63, 3.8) is 0 Å². The molecule has 1 aliphatic rings. The van der Waals surface area contributed by atoms with Gasteiger partial charge in [0.25, 0.3) is 0 Å². The minimum Gasteiger partial charge on any atom is -0.497 e. The molecule has 2 aromatic rings. The topological polar surface area (TPSA) is 68.4 Å². The van der Waals surface area contributed by atoms with E-state index in [4.69, 9.17) is 9.47 Å². The van der Waals surface area contributed by atoms with Crippen LogP contribution < -0.4 is 4.74 Å². The van der Waals surface area contributed by atoms with Gasteiger partial charge in [0.1, 0.15) is 5.75 Å². The summed E-state index contributed by atoms with van der Waals surface area (Å²) in [6.45, 7) is 2.05. The van der Waals surface area contributed by atoms with Crippen LogP contribution in [0.3, 0.4) is 0 Å². The fraction of sp³-hybridized carbons (Fsp3) is 0.368. The Morgan fingerprint density at radius 1 is 1.29 bits per heavy atom. The minimum atomic E-state index is -0.439. The number of hydrogen-bond donors (Lipinski definition) is 1. The van der Waals surface area contributed by atoms with Gasteiger partial charge >= 0.3 is 5.97 Å². The van der Waals surface area contributed by atoms with Crippen LogP contribution in [0, 0.1) is 0 Å². The summed E-state index contributed by atoms with van der Waals surface area (Å²) >= 11 is 0. The summed E-state index contributed by atoms with van der Waals surface area (Å²) < 4.78 is 10.2. The van der Waals surface area contributed by atoms with Gasteiger partial charge in [-0.2, -0.15) is 0 Å². The van der Waals surface area contributed by atoms with Gasteiger partial charge in [0, 0.05) is 18.3 Å². The third kappa shape index (κ3) is 3.07. The van der Waals surface area contributed by atoms with Gasteiger partial charge in [-0.15, -0.1) is 0 Å². The zero-order valence-corrected chi connectivity index (χ0v) is 13.9. The fourth-order valence-electron chi connectivity index (χ4n) is 3.26. The van der Waals surface area contributed by atoms with E-state index in [1.54, 1.807) is 20.2 Å². The van der Waals surface area contributed by atoms with Gasteiger partial charge in [0.2, 0.25) is 0 Å². The summed E-state index contributed by atoms with van der Waals surface area (Å²) in [6, 6.07) is 7.83. The van der Waals surface area contributed by atoms with Crippen molar-refractivity contribution >= 4 is 11.8 Å². The Labute approximate surface area is 141 Å². The number of Topliss-reactive ketones (excluding diaryl/α,β-unsaturated/α-hetero) is 1. The number of H-pyrrole nitrogens is 1. The number of nitrogens with one attached hydrogen (secondary N) is 1. The number of ketones is 1. The molecule has 0 amide bonds. The summed E-state index contributed by atoms with van der Waals surface area (Å²) in [4.78, 5) is 27.9. The van der Waals surface area contributed by atoms with Crippen LogP contribution in [-0.4, -0.2) is 30.5 Å². The average Bonchev–Trinajstić information content (AvgIpc) is 2.96. The number of carbonyl (C=O) groups is 2. The van der Waals surface area contributed by atoms with Crippen LogP contribution in [0.1, 0.15) is 57.7 Å². The fourth-order valence-corrected chi connectivity index (χ4v) is 3.26. The monoisotopic (exact) mass is 327 g/mol. The largest absolute Gasteiger partial charge is 0.497 e. The maximum Gasteiger partial charge on any atom is 0.340 e. The highest BCUT2D eigenvalue weighted by atomic mass is 16.5. The highest BCUT2D eigenvalue weighted by Gasteiger charge is 2.29. The summed E-state index contributed by atoms with van der Waals surface area (Å²) in [6.07, 6.45) is 3.57. The first-order chi connectivity index (χ1) is 11.6. The molecule has 126 valence electrons. The normalized spacial score (nSPS) is 17.1. The quantitative estimate of drug-likeness (QED) is 0.689. The van der Waals surface area contributed by atoms with Crippen LogP contribution in [0.5, 0.6) is 5.75 Å². The van der Waals surface area contributed by atoms with Gasteiger partial charge in [-0.05, 0) is 43.4 Å². The summed E-state index contributed by atoms with van der Waals surface area (Å²) in [5.41, 5.74) is 2.81. The van der Waals surface area contributed by atoms with Gasteiger partial charge in [-0.25, -0.2) is 4.79 Å². The molecule has 0 saturated carbocycles. The Hall–Kier alpha value is -2.56. The first kappa shape index (κ1) is 16.3. The lowest BCUT2D eigenvalue weighted by Gasteiger charge is -2.14. The molecule has 0 fully saturated rings. The number of rotatable bonds is 4. The van der Waals surface area contributed by atoms with E-state index in [1.165, 1.54) is 0 Å². The second-order valence-electron chi connectivity index (χ2n) is 5.91.